The third-order valence-electron chi connectivity index (χ3n) is 4.71. The average Bonchev–Trinajstić information content (AvgIpc) is 2.99. The number of hydrogen-bond donors (Lipinski definition) is 2. The van der Waals surface area contributed by atoms with E-state index in [0.29, 0.717) is 6.10 Å². The van der Waals surface area contributed by atoms with Crippen LogP contribution >= 0.6 is 0 Å². The number of pyridine rings is 1. The highest BCUT2D eigenvalue weighted by atomic mass is 16.5. The average molecular weight is 303 g/mol. The Hall–Kier alpha value is -1.13. The predicted molar refractivity (Wildman–Crippen MR) is 90.4 cm³/mol. The lowest BCUT2D eigenvalue weighted by Gasteiger charge is -2.33. The molecule has 1 atom stereocenters. The maximum Gasteiger partial charge on any atom is 0.129 e. The quantitative estimate of drug-likeness (QED) is 0.793. The Labute approximate surface area is 134 Å². The molecule has 0 bridgehead atoms. The second-order valence-electron chi connectivity index (χ2n) is 7.26. The third kappa shape index (κ3) is 4.20. The lowest BCUT2D eigenvalue weighted by Crippen LogP contribution is -2.35. The summed E-state index contributed by atoms with van der Waals surface area (Å²) in [5.74, 6) is 1.10. The Morgan fingerprint density at radius 3 is 3.05 bits per heavy atom. The van der Waals surface area contributed by atoms with Crippen molar-refractivity contribution in [2.45, 2.75) is 64.0 Å². The Morgan fingerprint density at radius 1 is 1.32 bits per heavy atom. The van der Waals surface area contributed by atoms with Crippen molar-refractivity contribution in [1.82, 2.24) is 10.3 Å². The van der Waals surface area contributed by atoms with Gasteiger partial charge >= 0.3 is 0 Å². The maximum atomic E-state index is 5.86. The second kappa shape index (κ2) is 6.97. The van der Waals surface area contributed by atoms with E-state index in [9.17, 15) is 0 Å². The van der Waals surface area contributed by atoms with E-state index in [1.807, 2.05) is 0 Å². The van der Waals surface area contributed by atoms with Gasteiger partial charge in [0, 0.05) is 24.4 Å². The van der Waals surface area contributed by atoms with E-state index in [-0.39, 0.29) is 5.54 Å². The van der Waals surface area contributed by atoms with Gasteiger partial charge in [-0.3, -0.25) is 0 Å². The fourth-order valence-corrected chi connectivity index (χ4v) is 3.24. The molecule has 4 heteroatoms. The molecule has 0 spiro atoms. The number of nitrogens with zero attached hydrogens (tertiary/aromatic N) is 1. The number of fused-ring (bicyclic) bond motifs is 1. The van der Waals surface area contributed by atoms with Gasteiger partial charge in [0.25, 0.3) is 0 Å². The number of rotatable bonds is 6. The van der Waals surface area contributed by atoms with Crippen LogP contribution in [0, 0.1) is 0 Å². The van der Waals surface area contributed by atoms with Crippen molar-refractivity contribution < 1.29 is 4.74 Å². The number of unbranched alkanes of at least 4 members (excludes halogenated alkanes) is 1. The molecule has 2 aliphatic heterocycles. The molecule has 0 aliphatic carbocycles. The summed E-state index contributed by atoms with van der Waals surface area (Å²) in [6.45, 7) is 7.50. The summed E-state index contributed by atoms with van der Waals surface area (Å²) in [6, 6.07) is 4.45. The van der Waals surface area contributed by atoms with Gasteiger partial charge in [-0.15, -0.1) is 0 Å². The number of aryl methyl sites for hydroxylation is 2. The summed E-state index contributed by atoms with van der Waals surface area (Å²) in [6.07, 6.45) is 7.22. The highest BCUT2D eigenvalue weighted by Crippen LogP contribution is 2.29. The smallest absolute Gasteiger partial charge is 0.129 e. The molecule has 1 aromatic heterocycles. The predicted octanol–water partition coefficient (Wildman–Crippen LogP) is 2.92. The number of nitrogens with one attached hydrogen (secondary N) is 2. The van der Waals surface area contributed by atoms with Crippen molar-refractivity contribution in [3.05, 3.63) is 23.4 Å². The molecule has 2 N–H and O–H groups in total. The van der Waals surface area contributed by atoms with Crippen LogP contribution in [-0.2, 0) is 17.6 Å². The van der Waals surface area contributed by atoms with Crippen LogP contribution in [0.2, 0.25) is 0 Å². The molecule has 2 aliphatic rings. The van der Waals surface area contributed by atoms with Crippen LogP contribution in [0.3, 0.4) is 0 Å². The summed E-state index contributed by atoms with van der Waals surface area (Å²) < 4.78 is 5.86. The zero-order chi connectivity index (χ0) is 15.4. The van der Waals surface area contributed by atoms with Crippen molar-refractivity contribution in [2.24, 2.45) is 0 Å². The van der Waals surface area contributed by atoms with E-state index in [0.717, 1.165) is 57.6 Å². The van der Waals surface area contributed by atoms with Gasteiger partial charge in [-0.05, 0) is 70.5 Å². The minimum atomic E-state index is 0.168. The van der Waals surface area contributed by atoms with Gasteiger partial charge in [0.15, 0.2) is 0 Å². The zero-order valence-corrected chi connectivity index (χ0v) is 14.0. The first-order valence-corrected chi connectivity index (χ1v) is 8.72. The van der Waals surface area contributed by atoms with Crippen LogP contribution in [0.1, 0.15) is 50.8 Å². The molecule has 1 saturated heterocycles. The topological polar surface area (TPSA) is 46.2 Å². The molecule has 122 valence electrons. The molecule has 0 amide bonds. The molecule has 22 heavy (non-hydrogen) atoms. The fraction of sp³-hybridized carbons (Fsp3) is 0.722. The molecule has 3 heterocycles. The number of ether oxygens (including phenoxy) is 1. The van der Waals surface area contributed by atoms with Crippen LogP contribution in [-0.4, -0.2) is 36.3 Å². The summed E-state index contributed by atoms with van der Waals surface area (Å²) in [5.41, 5.74) is 2.73. The summed E-state index contributed by atoms with van der Waals surface area (Å²) >= 11 is 0. The van der Waals surface area contributed by atoms with E-state index in [2.05, 4.69) is 36.6 Å². The van der Waals surface area contributed by atoms with Gasteiger partial charge in [-0.2, -0.15) is 0 Å². The molecule has 3 rings (SSSR count). The highest BCUT2D eigenvalue weighted by molar-refractivity contribution is 5.49. The van der Waals surface area contributed by atoms with Gasteiger partial charge in [0.1, 0.15) is 5.82 Å². The van der Waals surface area contributed by atoms with Crippen LogP contribution in [0.15, 0.2) is 12.1 Å². The minimum Gasteiger partial charge on any atom is -0.377 e. The van der Waals surface area contributed by atoms with Crippen LogP contribution in [0.25, 0.3) is 0 Å². The largest absolute Gasteiger partial charge is 0.377 e. The van der Waals surface area contributed by atoms with E-state index in [4.69, 9.17) is 9.72 Å². The first-order valence-electron chi connectivity index (χ1n) is 8.72. The molecule has 4 nitrogen and oxygen atoms in total. The molecule has 0 saturated carbocycles. The van der Waals surface area contributed by atoms with Crippen molar-refractivity contribution in [1.29, 1.82) is 0 Å². The Bertz CT molecular complexity index is 495. The molecule has 1 unspecified atom stereocenters. The van der Waals surface area contributed by atoms with Crippen molar-refractivity contribution in [3.8, 4) is 0 Å². The van der Waals surface area contributed by atoms with Gasteiger partial charge in [-0.25, -0.2) is 4.98 Å². The first kappa shape index (κ1) is 15.8. The van der Waals surface area contributed by atoms with E-state index >= 15 is 0 Å². The molecule has 1 fully saturated rings. The molecule has 0 radical (unpaired) electrons. The van der Waals surface area contributed by atoms with Crippen molar-refractivity contribution in [2.75, 3.05) is 25.0 Å². The molecule has 1 aromatic rings. The minimum absolute atomic E-state index is 0.168. The summed E-state index contributed by atoms with van der Waals surface area (Å²) in [7, 11) is 0. The van der Waals surface area contributed by atoms with Gasteiger partial charge in [0.05, 0.1) is 6.10 Å². The lowest BCUT2D eigenvalue weighted by atomic mass is 9.91. The SMILES string of the molecule is CC1(C)CCc2ccc(CCCCOC3CCNC3)nc2N1. The number of aromatic nitrogens is 1. The number of anilines is 1. The molecule has 0 aromatic carbocycles. The van der Waals surface area contributed by atoms with Crippen molar-refractivity contribution >= 4 is 5.82 Å². The molecular formula is C18H29N3O. The second-order valence-corrected chi connectivity index (χ2v) is 7.26. The van der Waals surface area contributed by atoms with E-state index < -0.39 is 0 Å². The van der Waals surface area contributed by atoms with Crippen LogP contribution < -0.4 is 10.6 Å². The van der Waals surface area contributed by atoms with Crippen LogP contribution in [0.5, 0.6) is 0 Å². The van der Waals surface area contributed by atoms with Gasteiger partial charge in [-0.1, -0.05) is 6.07 Å². The van der Waals surface area contributed by atoms with E-state index in [1.165, 1.54) is 17.7 Å². The highest BCUT2D eigenvalue weighted by Gasteiger charge is 2.24. The maximum absolute atomic E-state index is 5.86. The summed E-state index contributed by atoms with van der Waals surface area (Å²) in [5, 5.41) is 6.91. The normalized spacial score (nSPS) is 23.1. The Kier molecular flexibility index (Phi) is 4.99. The zero-order valence-electron chi connectivity index (χ0n) is 14.0. The lowest BCUT2D eigenvalue weighted by molar-refractivity contribution is 0.0645. The van der Waals surface area contributed by atoms with E-state index in [1.54, 1.807) is 0 Å². The Balaban J connectivity index is 1.43. The summed E-state index contributed by atoms with van der Waals surface area (Å²) in [4.78, 5) is 4.82. The van der Waals surface area contributed by atoms with Crippen molar-refractivity contribution in [3.63, 3.8) is 0 Å². The van der Waals surface area contributed by atoms with Gasteiger partial charge < -0.3 is 15.4 Å². The number of hydrogen-bond acceptors (Lipinski definition) is 4. The van der Waals surface area contributed by atoms with Crippen LogP contribution in [0.4, 0.5) is 5.82 Å². The first-order chi connectivity index (χ1) is 10.6. The fourth-order valence-electron chi connectivity index (χ4n) is 3.24. The molecular weight excluding hydrogens is 274 g/mol. The monoisotopic (exact) mass is 303 g/mol. The Morgan fingerprint density at radius 2 is 2.23 bits per heavy atom. The third-order valence-corrected chi connectivity index (χ3v) is 4.71. The van der Waals surface area contributed by atoms with Gasteiger partial charge in [0.2, 0.25) is 0 Å². The standard InChI is InChI=1S/C18H29N3O/c1-18(2)10-8-14-6-7-15(20-17(14)21-18)5-3-4-12-22-16-9-11-19-13-16/h6-7,16,19H,3-5,8-13H2,1-2H3,(H,20,21).